The molecule has 36 heavy (non-hydrogen) atoms. The third-order valence-corrected chi connectivity index (χ3v) is 7.56. The molecule has 2 fully saturated rings. The van der Waals surface area contributed by atoms with Gasteiger partial charge in [0.25, 0.3) is 0 Å². The van der Waals surface area contributed by atoms with E-state index >= 15 is 0 Å². The molecule has 2 aromatic carbocycles. The highest BCUT2D eigenvalue weighted by molar-refractivity contribution is 6.11. The van der Waals surface area contributed by atoms with E-state index in [0.717, 1.165) is 22.3 Å². The zero-order valence-electron chi connectivity index (χ0n) is 20.9. The van der Waals surface area contributed by atoms with Crippen molar-refractivity contribution < 1.29 is 23.6 Å². The van der Waals surface area contributed by atoms with E-state index in [0.29, 0.717) is 38.8 Å². The number of benzene rings is 2. The smallest absolute Gasteiger partial charge is 0.230 e. The second-order valence-corrected chi connectivity index (χ2v) is 10.1. The Morgan fingerprint density at radius 2 is 1.61 bits per heavy atom. The number of piperidine rings is 1. The summed E-state index contributed by atoms with van der Waals surface area (Å²) in [5, 5.41) is 0. The number of amides is 1. The SMILES string of the molecule is CC#Cc1cc(C)c(C2C(=O)CC3(CCN(C(=O)CC(=O)c4ccccc4F)CC3)CC2=O)c(C)c1. The van der Waals surface area contributed by atoms with Gasteiger partial charge in [-0.3, -0.25) is 19.2 Å². The van der Waals surface area contributed by atoms with Gasteiger partial charge in [-0.25, -0.2) is 4.39 Å². The van der Waals surface area contributed by atoms with Gasteiger partial charge in [-0.15, -0.1) is 5.92 Å². The Morgan fingerprint density at radius 3 is 2.17 bits per heavy atom. The molecule has 2 aliphatic rings. The topological polar surface area (TPSA) is 71.5 Å². The molecule has 1 aliphatic carbocycles. The van der Waals surface area contributed by atoms with Crippen LogP contribution < -0.4 is 0 Å². The number of carbonyl (C=O) groups excluding carboxylic acids is 4. The van der Waals surface area contributed by atoms with Crippen LogP contribution >= 0.6 is 0 Å². The maximum Gasteiger partial charge on any atom is 0.230 e. The van der Waals surface area contributed by atoms with Crippen molar-refractivity contribution in [2.75, 3.05) is 13.1 Å². The molecule has 186 valence electrons. The zero-order valence-corrected chi connectivity index (χ0v) is 20.9. The van der Waals surface area contributed by atoms with Crippen molar-refractivity contribution in [2.45, 2.75) is 58.8 Å². The van der Waals surface area contributed by atoms with Crippen LogP contribution in [0.1, 0.15) is 77.6 Å². The zero-order chi connectivity index (χ0) is 26.0. The first-order chi connectivity index (χ1) is 17.1. The van der Waals surface area contributed by atoms with Gasteiger partial charge in [-0.2, -0.15) is 0 Å². The number of likely N-dealkylation sites (tertiary alicyclic amines) is 1. The second-order valence-electron chi connectivity index (χ2n) is 10.1. The predicted molar refractivity (Wildman–Crippen MR) is 134 cm³/mol. The monoisotopic (exact) mass is 487 g/mol. The Balaban J connectivity index is 1.42. The molecule has 1 saturated carbocycles. The van der Waals surface area contributed by atoms with Gasteiger partial charge in [-0.1, -0.05) is 18.1 Å². The minimum absolute atomic E-state index is 0.0683. The molecule has 0 aromatic heterocycles. The van der Waals surface area contributed by atoms with E-state index in [2.05, 4.69) is 11.8 Å². The highest BCUT2D eigenvalue weighted by Gasteiger charge is 2.47. The van der Waals surface area contributed by atoms with Crippen LogP contribution in [0.15, 0.2) is 36.4 Å². The average Bonchev–Trinajstić information content (AvgIpc) is 2.81. The van der Waals surface area contributed by atoms with Crippen molar-refractivity contribution in [3.05, 3.63) is 70.0 Å². The van der Waals surface area contributed by atoms with E-state index in [1.165, 1.54) is 18.2 Å². The first-order valence-corrected chi connectivity index (χ1v) is 12.3. The lowest BCUT2D eigenvalue weighted by Crippen LogP contribution is -2.48. The number of hydrogen-bond acceptors (Lipinski definition) is 4. The third kappa shape index (κ3) is 5.02. The Kier molecular flexibility index (Phi) is 7.21. The summed E-state index contributed by atoms with van der Waals surface area (Å²) in [6.07, 6.45) is 1.26. The van der Waals surface area contributed by atoms with E-state index in [1.54, 1.807) is 17.9 Å². The standard InChI is InChI=1S/C30H30FNO4/c1-4-7-21-14-19(2)28(20(3)15-21)29-25(34)17-30(18-26(29)35)10-12-32(13-11-30)27(36)16-24(33)22-8-5-6-9-23(22)31/h5-6,8-9,14-15,29H,10-13,16-18H2,1-3H3. The van der Waals surface area contributed by atoms with Gasteiger partial charge in [0.15, 0.2) is 5.78 Å². The Labute approximate surface area is 211 Å². The number of ketones is 3. The van der Waals surface area contributed by atoms with E-state index < -0.39 is 29.4 Å². The molecule has 1 aliphatic heterocycles. The van der Waals surface area contributed by atoms with E-state index in [9.17, 15) is 23.6 Å². The van der Waals surface area contributed by atoms with Crippen molar-refractivity contribution in [1.29, 1.82) is 0 Å². The summed E-state index contributed by atoms with van der Waals surface area (Å²) in [7, 11) is 0. The molecular formula is C30H30FNO4. The van der Waals surface area contributed by atoms with Gasteiger partial charge in [0.2, 0.25) is 5.91 Å². The van der Waals surface area contributed by atoms with Crippen LogP contribution in [0.2, 0.25) is 0 Å². The molecule has 2 aromatic rings. The number of aryl methyl sites for hydroxylation is 2. The van der Waals surface area contributed by atoms with Gasteiger partial charge in [0.1, 0.15) is 23.3 Å². The first kappa shape index (κ1) is 25.5. The third-order valence-electron chi connectivity index (χ3n) is 7.56. The summed E-state index contributed by atoms with van der Waals surface area (Å²) in [4.78, 5) is 53.4. The molecule has 5 nitrogen and oxygen atoms in total. The van der Waals surface area contributed by atoms with Crippen molar-refractivity contribution in [3.8, 4) is 11.8 Å². The number of rotatable bonds is 4. The van der Waals surface area contributed by atoms with Crippen LogP contribution in [-0.4, -0.2) is 41.2 Å². The molecule has 1 heterocycles. The normalized spacial score (nSPS) is 17.6. The first-order valence-electron chi connectivity index (χ1n) is 12.3. The van der Waals surface area contributed by atoms with Gasteiger partial charge >= 0.3 is 0 Å². The van der Waals surface area contributed by atoms with Crippen LogP contribution in [0.4, 0.5) is 4.39 Å². The lowest BCUT2D eigenvalue weighted by molar-refractivity contribution is -0.140. The fraction of sp³-hybridized carbons (Fsp3) is 0.400. The van der Waals surface area contributed by atoms with Crippen LogP contribution in [0.5, 0.6) is 0 Å². The quantitative estimate of drug-likeness (QED) is 0.356. The van der Waals surface area contributed by atoms with Crippen molar-refractivity contribution in [3.63, 3.8) is 0 Å². The Morgan fingerprint density at radius 1 is 1.03 bits per heavy atom. The maximum absolute atomic E-state index is 13.9. The van der Waals surface area contributed by atoms with Gasteiger partial charge in [0, 0.05) is 31.5 Å². The second kappa shape index (κ2) is 10.2. The summed E-state index contributed by atoms with van der Waals surface area (Å²) >= 11 is 0. The molecule has 0 radical (unpaired) electrons. The molecule has 4 rings (SSSR count). The summed E-state index contributed by atoms with van der Waals surface area (Å²) in [6, 6.07) is 9.48. The highest BCUT2D eigenvalue weighted by Crippen LogP contribution is 2.46. The van der Waals surface area contributed by atoms with Crippen LogP contribution in [0.25, 0.3) is 0 Å². The number of Topliss-reactive ketones (excluding diaryl/α,β-unsaturated/α-hetero) is 3. The summed E-state index contributed by atoms with van der Waals surface area (Å²) in [5.74, 6) is 3.48. The minimum Gasteiger partial charge on any atom is -0.342 e. The number of hydrogen-bond donors (Lipinski definition) is 0. The summed E-state index contributed by atoms with van der Waals surface area (Å²) < 4.78 is 13.9. The van der Waals surface area contributed by atoms with E-state index in [4.69, 9.17) is 0 Å². The van der Waals surface area contributed by atoms with Gasteiger partial charge in [0.05, 0.1) is 12.0 Å². The molecule has 0 unspecified atom stereocenters. The summed E-state index contributed by atoms with van der Waals surface area (Å²) in [5.41, 5.74) is 2.92. The lowest BCUT2D eigenvalue weighted by atomic mass is 9.62. The maximum atomic E-state index is 13.9. The molecule has 0 atom stereocenters. The van der Waals surface area contributed by atoms with E-state index in [-0.39, 0.29) is 23.0 Å². The molecule has 1 amide bonds. The van der Waals surface area contributed by atoms with Crippen LogP contribution in [-0.2, 0) is 14.4 Å². The molecule has 1 spiro atoms. The highest BCUT2D eigenvalue weighted by atomic mass is 19.1. The Bertz CT molecular complexity index is 1260. The largest absolute Gasteiger partial charge is 0.342 e. The molecular weight excluding hydrogens is 457 g/mol. The van der Waals surface area contributed by atoms with Crippen LogP contribution in [0, 0.1) is 36.9 Å². The average molecular weight is 488 g/mol. The number of nitrogens with zero attached hydrogens (tertiary/aromatic N) is 1. The summed E-state index contributed by atoms with van der Waals surface area (Å²) in [6.45, 7) is 6.35. The van der Waals surface area contributed by atoms with E-state index in [1.807, 2.05) is 26.0 Å². The molecule has 0 N–H and O–H groups in total. The van der Waals surface area contributed by atoms with Gasteiger partial charge in [-0.05, 0) is 80.0 Å². The Hall–Kier alpha value is -3.59. The molecule has 0 bridgehead atoms. The fourth-order valence-electron chi connectivity index (χ4n) is 5.77. The lowest BCUT2D eigenvalue weighted by Gasteiger charge is -2.44. The van der Waals surface area contributed by atoms with Crippen molar-refractivity contribution in [2.24, 2.45) is 5.41 Å². The fourth-order valence-corrected chi connectivity index (χ4v) is 5.77. The van der Waals surface area contributed by atoms with Gasteiger partial charge < -0.3 is 4.90 Å². The predicted octanol–water partition coefficient (Wildman–Crippen LogP) is 4.71. The number of carbonyl (C=O) groups is 4. The molecule has 1 saturated heterocycles. The van der Waals surface area contributed by atoms with Crippen molar-refractivity contribution >= 4 is 23.3 Å². The number of halogens is 1. The minimum atomic E-state index is -0.752. The van der Waals surface area contributed by atoms with Crippen LogP contribution in [0.3, 0.4) is 0 Å². The van der Waals surface area contributed by atoms with Crippen molar-refractivity contribution in [1.82, 2.24) is 4.90 Å². The molecule has 6 heteroatoms.